The number of rotatable bonds is 10. The number of aromatic nitrogens is 3. The van der Waals surface area contributed by atoms with Crippen LogP contribution < -0.4 is 0 Å². The molecular weight excluding hydrogens is 282 g/mol. The van der Waals surface area contributed by atoms with Gasteiger partial charge in [0.05, 0.1) is 0 Å². The fraction of sp³-hybridized carbons (Fsp3) is 0.900. The van der Waals surface area contributed by atoms with Gasteiger partial charge >= 0.3 is 0 Å². The Morgan fingerprint density at radius 3 is 2.48 bits per heavy atom. The van der Waals surface area contributed by atoms with E-state index in [1.54, 1.807) is 6.33 Å². The second-order valence-electron chi connectivity index (χ2n) is 8.45. The molecule has 1 aromatic heterocycles. The van der Waals surface area contributed by atoms with E-state index in [0.29, 0.717) is 5.41 Å². The van der Waals surface area contributed by atoms with Gasteiger partial charge in [-0.15, -0.1) is 0 Å². The van der Waals surface area contributed by atoms with E-state index in [1.807, 2.05) is 11.0 Å². The van der Waals surface area contributed by atoms with E-state index < -0.39 is 0 Å². The molecule has 0 aromatic carbocycles. The fourth-order valence-electron chi connectivity index (χ4n) is 4.31. The summed E-state index contributed by atoms with van der Waals surface area (Å²) in [6.07, 6.45) is 19.0. The first-order valence-corrected chi connectivity index (χ1v) is 9.93. The Bertz CT molecular complexity index is 411. The van der Waals surface area contributed by atoms with Crippen LogP contribution in [0, 0.1) is 17.3 Å². The van der Waals surface area contributed by atoms with Crippen molar-refractivity contribution in [2.75, 3.05) is 0 Å². The van der Waals surface area contributed by atoms with Crippen LogP contribution in [-0.2, 0) is 6.54 Å². The Hall–Kier alpha value is -0.860. The second-order valence-corrected chi connectivity index (χ2v) is 8.45. The topological polar surface area (TPSA) is 30.7 Å². The Morgan fingerprint density at radius 1 is 1.04 bits per heavy atom. The van der Waals surface area contributed by atoms with Crippen molar-refractivity contribution in [2.24, 2.45) is 17.3 Å². The summed E-state index contributed by atoms with van der Waals surface area (Å²) in [5, 5.41) is 4.34. The van der Waals surface area contributed by atoms with Crippen molar-refractivity contribution >= 4 is 0 Å². The number of nitrogens with zero attached hydrogens (tertiary/aromatic N) is 3. The van der Waals surface area contributed by atoms with E-state index in [2.05, 4.69) is 30.9 Å². The van der Waals surface area contributed by atoms with Crippen molar-refractivity contribution in [1.82, 2.24) is 14.8 Å². The van der Waals surface area contributed by atoms with Gasteiger partial charge in [0.1, 0.15) is 12.7 Å². The molecule has 0 saturated heterocycles. The van der Waals surface area contributed by atoms with Crippen molar-refractivity contribution < 1.29 is 0 Å². The fourth-order valence-corrected chi connectivity index (χ4v) is 4.31. The van der Waals surface area contributed by atoms with Gasteiger partial charge in [0.15, 0.2) is 0 Å². The monoisotopic (exact) mass is 319 g/mol. The molecule has 0 amide bonds. The molecule has 1 fully saturated rings. The van der Waals surface area contributed by atoms with Crippen molar-refractivity contribution in [3.8, 4) is 0 Å². The van der Waals surface area contributed by atoms with Crippen LogP contribution in [0.3, 0.4) is 0 Å². The zero-order valence-electron chi connectivity index (χ0n) is 15.6. The summed E-state index contributed by atoms with van der Waals surface area (Å²) in [6.45, 7) is 8.22. The van der Waals surface area contributed by atoms with Gasteiger partial charge in [-0.05, 0) is 36.5 Å². The predicted octanol–water partition coefficient (Wildman–Crippen LogP) is 5.86. The molecule has 132 valence electrons. The van der Waals surface area contributed by atoms with Crippen molar-refractivity contribution in [3.63, 3.8) is 0 Å². The SMILES string of the molecule is CCCCCCCCCC1CCC(C)(C)CC1Cn1cncn1. The van der Waals surface area contributed by atoms with E-state index in [1.165, 1.54) is 70.6 Å². The smallest absolute Gasteiger partial charge is 0.137 e. The first kappa shape index (κ1) is 18.5. The van der Waals surface area contributed by atoms with Crippen molar-refractivity contribution in [1.29, 1.82) is 0 Å². The van der Waals surface area contributed by atoms with E-state index in [9.17, 15) is 0 Å². The quantitative estimate of drug-likeness (QED) is 0.506. The average molecular weight is 320 g/mol. The highest BCUT2D eigenvalue weighted by Gasteiger charge is 2.34. The lowest BCUT2D eigenvalue weighted by molar-refractivity contribution is 0.0944. The molecule has 0 bridgehead atoms. The summed E-state index contributed by atoms with van der Waals surface area (Å²) in [6, 6.07) is 0. The van der Waals surface area contributed by atoms with Gasteiger partial charge in [0.2, 0.25) is 0 Å². The van der Waals surface area contributed by atoms with Crippen molar-refractivity contribution in [3.05, 3.63) is 12.7 Å². The Morgan fingerprint density at radius 2 is 1.78 bits per heavy atom. The van der Waals surface area contributed by atoms with E-state index >= 15 is 0 Å². The average Bonchev–Trinajstić information content (AvgIpc) is 3.01. The Balaban J connectivity index is 1.74. The minimum absolute atomic E-state index is 0.502. The minimum atomic E-state index is 0.502. The highest BCUT2D eigenvalue weighted by molar-refractivity contribution is 4.85. The highest BCUT2D eigenvalue weighted by atomic mass is 15.3. The molecule has 23 heavy (non-hydrogen) atoms. The molecule has 2 rings (SSSR count). The van der Waals surface area contributed by atoms with Crippen LogP contribution in [0.2, 0.25) is 0 Å². The summed E-state index contributed by atoms with van der Waals surface area (Å²) in [7, 11) is 0. The number of hydrogen-bond donors (Lipinski definition) is 0. The van der Waals surface area contributed by atoms with Gasteiger partial charge in [-0.1, -0.05) is 72.1 Å². The van der Waals surface area contributed by atoms with Gasteiger partial charge in [-0.25, -0.2) is 4.98 Å². The maximum atomic E-state index is 4.34. The first-order valence-electron chi connectivity index (χ1n) is 9.93. The van der Waals surface area contributed by atoms with E-state index in [4.69, 9.17) is 0 Å². The molecule has 0 aliphatic heterocycles. The zero-order chi connectivity index (χ0) is 16.5. The van der Waals surface area contributed by atoms with E-state index in [0.717, 1.165) is 18.4 Å². The predicted molar refractivity (Wildman–Crippen MR) is 97.2 cm³/mol. The van der Waals surface area contributed by atoms with Gasteiger partial charge in [0.25, 0.3) is 0 Å². The maximum Gasteiger partial charge on any atom is 0.137 e. The van der Waals surface area contributed by atoms with Crippen LogP contribution in [0.5, 0.6) is 0 Å². The van der Waals surface area contributed by atoms with E-state index in [-0.39, 0.29) is 0 Å². The van der Waals surface area contributed by atoms with Crippen LogP contribution in [-0.4, -0.2) is 14.8 Å². The van der Waals surface area contributed by atoms with Crippen LogP contribution in [0.15, 0.2) is 12.7 Å². The van der Waals surface area contributed by atoms with Crippen LogP contribution in [0.1, 0.15) is 91.4 Å². The third-order valence-corrected chi connectivity index (χ3v) is 5.74. The summed E-state index contributed by atoms with van der Waals surface area (Å²) >= 11 is 0. The maximum absolute atomic E-state index is 4.34. The summed E-state index contributed by atoms with van der Waals surface area (Å²) < 4.78 is 2.05. The number of hydrogen-bond acceptors (Lipinski definition) is 2. The molecule has 1 aromatic rings. The van der Waals surface area contributed by atoms with Crippen LogP contribution in [0.25, 0.3) is 0 Å². The minimum Gasteiger partial charge on any atom is -0.253 e. The van der Waals surface area contributed by atoms with Gasteiger partial charge in [-0.3, -0.25) is 4.68 Å². The second kappa shape index (κ2) is 9.44. The molecule has 1 heterocycles. The molecule has 3 heteroatoms. The summed E-state index contributed by atoms with van der Waals surface area (Å²) in [5.41, 5.74) is 0.502. The van der Waals surface area contributed by atoms with Gasteiger partial charge in [-0.2, -0.15) is 5.10 Å². The molecular formula is C20H37N3. The summed E-state index contributed by atoms with van der Waals surface area (Å²) in [4.78, 5) is 4.11. The van der Waals surface area contributed by atoms with Crippen molar-refractivity contribution in [2.45, 2.75) is 97.9 Å². The Kier molecular flexibility index (Phi) is 7.58. The lowest BCUT2D eigenvalue weighted by Gasteiger charge is -2.41. The number of unbranched alkanes of at least 4 members (excludes halogenated alkanes) is 6. The molecule has 0 spiro atoms. The van der Waals surface area contributed by atoms with Crippen LogP contribution in [0.4, 0.5) is 0 Å². The standard InChI is InChI=1S/C20H37N3/c1-4-5-6-7-8-9-10-11-18-12-13-20(2,3)14-19(18)15-23-17-21-16-22-23/h16-19H,4-15H2,1-3H3. The Labute approximate surface area is 143 Å². The lowest BCUT2D eigenvalue weighted by atomic mass is 9.66. The molecule has 1 saturated carbocycles. The first-order chi connectivity index (χ1) is 11.1. The highest BCUT2D eigenvalue weighted by Crippen LogP contribution is 2.44. The zero-order valence-corrected chi connectivity index (χ0v) is 15.6. The third kappa shape index (κ3) is 6.64. The molecule has 2 unspecified atom stereocenters. The molecule has 2 atom stereocenters. The normalized spacial score (nSPS) is 24.0. The summed E-state index contributed by atoms with van der Waals surface area (Å²) in [5.74, 6) is 1.67. The largest absolute Gasteiger partial charge is 0.253 e. The molecule has 1 aliphatic rings. The molecule has 3 nitrogen and oxygen atoms in total. The van der Waals surface area contributed by atoms with Crippen LogP contribution >= 0.6 is 0 Å². The molecule has 0 radical (unpaired) electrons. The lowest BCUT2D eigenvalue weighted by Crippen LogP contribution is -2.32. The van der Waals surface area contributed by atoms with Gasteiger partial charge < -0.3 is 0 Å². The third-order valence-electron chi connectivity index (χ3n) is 5.74. The molecule has 1 aliphatic carbocycles. The molecule has 0 N–H and O–H groups in total. The van der Waals surface area contributed by atoms with Gasteiger partial charge in [0, 0.05) is 6.54 Å².